The van der Waals surface area contributed by atoms with Gasteiger partial charge < -0.3 is 69.3 Å². The lowest BCUT2D eigenvalue weighted by Gasteiger charge is -2.45. The minimum atomic E-state index is -1.80. The average molecular weight is 841 g/mol. The largest absolute Gasteiger partial charge is 0.452 e. The lowest BCUT2D eigenvalue weighted by atomic mass is 9.96. The number of rotatable bonds is 22. The number of aliphatic hydroxyl groups excluding tert-OH is 6. The topological polar surface area (TPSA) is 268 Å². The third-order valence-corrected chi connectivity index (χ3v) is 10.3. The molecule has 0 spiro atoms. The molecule has 2 rings (SSSR count). The van der Waals surface area contributed by atoms with E-state index in [-0.39, 0.29) is 55.2 Å². The van der Waals surface area contributed by atoms with Gasteiger partial charge in [-0.05, 0) is 80.1 Å². The Morgan fingerprint density at radius 2 is 1.00 bits per heavy atom. The molecule has 0 bridgehead atoms. The second-order valence-electron chi connectivity index (χ2n) is 15.6. The van der Waals surface area contributed by atoms with Gasteiger partial charge in [0.05, 0.1) is 30.0 Å². The number of carbonyl (C=O) groups is 3. The van der Waals surface area contributed by atoms with Crippen molar-refractivity contribution >= 4 is 17.9 Å². The maximum atomic E-state index is 13.4. The molecule has 17 heteroatoms. The number of aliphatic hydroxyl groups is 8. The Bertz CT molecular complexity index is 1550. The zero-order chi connectivity index (χ0) is 44.9. The molecule has 0 aromatic carbocycles. The molecule has 8 N–H and O–H groups in total. The van der Waals surface area contributed by atoms with Gasteiger partial charge in [-0.15, -0.1) is 19.7 Å². The summed E-state index contributed by atoms with van der Waals surface area (Å²) in [5.41, 5.74) is -3.36. The van der Waals surface area contributed by atoms with E-state index < -0.39 is 109 Å². The van der Waals surface area contributed by atoms with Crippen molar-refractivity contribution in [3.8, 4) is 0 Å². The molecule has 2 heterocycles. The van der Waals surface area contributed by atoms with Crippen LogP contribution < -0.4 is 0 Å². The van der Waals surface area contributed by atoms with E-state index >= 15 is 0 Å². The van der Waals surface area contributed by atoms with E-state index in [9.17, 15) is 55.2 Å². The Hall–Kier alpha value is -3.59. The summed E-state index contributed by atoms with van der Waals surface area (Å²) >= 11 is 0. The van der Waals surface area contributed by atoms with Crippen LogP contribution in [0.5, 0.6) is 0 Å². The third-order valence-electron chi connectivity index (χ3n) is 10.3. The standard InChI is InChI=1S/C42H64O17/c1-10-40(7,52)19-13-16-24(4)35(49)56-33-28(23-44)55-39(32(48)34(33)57-36(50)25(5)17-14-20-41(8,53)11-2)59-42(9,12-3)21-15-18-26(6)37(51)58-38-31(47)30(46)29(45)27(22-43)54-38/h10-12,16-18,27-34,38-39,43-48,52-53H,1-3,13-15,19-23H2,4-9H3. The Morgan fingerprint density at radius 3 is 1.44 bits per heavy atom. The Morgan fingerprint density at radius 1 is 0.576 bits per heavy atom. The first-order chi connectivity index (χ1) is 27.5. The molecule has 17 nitrogen and oxygen atoms in total. The highest BCUT2D eigenvalue weighted by molar-refractivity contribution is 5.89. The van der Waals surface area contributed by atoms with E-state index in [2.05, 4.69) is 19.7 Å². The predicted molar refractivity (Wildman–Crippen MR) is 212 cm³/mol. The molecule has 13 unspecified atom stereocenters. The predicted octanol–water partition coefficient (Wildman–Crippen LogP) is 1.25. The Balaban J connectivity index is 2.30. The molecule has 0 aromatic heterocycles. The van der Waals surface area contributed by atoms with Crippen LogP contribution in [-0.2, 0) is 42.8 Å². The quantitative estimate of drug-likeness (QED) is 0.0330. The van der Waals surface area contributed by atoms with Crippen molar-refractivity contribution in [1.82, 2.24) is 0 Å². The summed E-state index contributed by atoms with van der Waals surface area (Å²) in [5, 5.41) is 82.2. The minimum absolute atomic E-state index is 0.0614. The molecule has 2 aliphatic rings. The average Bonchev–Trinajstić information content (AvgIpc) is 3.19. The third kappa shape index (κ3) is 15.1. The van der Waals surface area contributed by atoms with E-state index in [4.69, 9.17) is 28.4 Å². The molecule has 0 amide bonds. The molecule has 13 atom stereocenters. The number of esters is 3. The van der Waals surface area contributed by atoms with Gasteiger partial charge in [0.1, 0.15) is 36.6 Å². The van der Waals surface area contributed by atoms with Gasteiger partial charge >= 0.3 is 17.9 Å². The SMILES string of the molecule is C=CC(C)(O)CCC=C(C)C(=O)OC1C(CO)OC(OC(C)(C=C)CCC=C(C)C(=O)OC2OC(CO)C(O)C(O)C2O)C(O)C1OC(=O)C(C)=CCCC(C)(O)C=C. The lowest BCUT2D eigenvalue weighted by Crippen LogP contribution is -2.62. The van der Waals surface area contributed by atoms with Crippen LogP contribution in [0.25, 0.3) is 0 Å². The zero-order valence-electron chi connectivity index (χ0n) is 34.8. The molecular formula is C42H64O17. The first-order valence-corrected chi connectivity index (χ1v) is 19.4. The van der Waals surface area contributed by atoms with E-state index in [0.29, 0.717) is 0 Å². The fourth-order valence-corrected chi connectivity index (χ4v) is 5.88. The molecule has 0 saturated carbocycles. The van der Waals surface area contributed by atoms with E-state index in [1.165, 1.54) is 57.2 Å². The van der Waals surface area contributed by atoms with Gasteiger partial charge in [-0.3, -0.25) is 0 Å². The molecular weight excluding hydrogens is 776 g/mol. The maximum Gasteiger partial charge on any atom is 0.335 e. The second kappa shape index (κ2) is 22.9. The Kier molecular flexibility index (Phi) is 20.0. The highest BCUT2D eigenvalue weighted by Gasteiger charge is 2.52. The highest BCUT2D eigenvalue weighted by atomic mass is 16.7. The molecule has 2 fully saturated rings. The van der Waals surface area contributed by atoms with Crippen LogP contribution in [0.4, 0.5) is 0 Å². The number of allylic oxidation sites excluding steroid dienone is 3. The monoisotopic (exact) mass is 840 g/mol. The smallest absolute Gasteiger partial charge is 0.335 e. The summed E-state index contributed by atoms with van der Waals surface area (Å²) in [6.07, 6.45) is -6.08. The van der Waals surface area contributed by atoms with Crippen LogP contribution >= 0.6 is 0 Å². The lowest BCUT2D eigenvalue weighted by molar-refractivity contribution is -0.322. The number of hydrogen-bond acceptors (Lipinski definition) is 17. The first-order valence-electron chi connectivity index (χ1n) is 19.4. The van der Waals surface area contributed by atoms with Crippen molar-refractivity contribution in [2.45, 2.75) is 158 Å². The normalized spacial score (nSPS) is 31.1. The molecule has 0 aromatic rings. The number of hydrogen-bond donors (Lipinski definition) is 8. The van der Waals surface area contributed by atoms with Crippen LogP contribution in [0.15, 0.2) is 72.9 Å². The van der Waals surface area contributed by atoms with Crippen LogP contribution in [0.1, 0.15) is 80.1 Å². The van der Waals surface area contributed by atoms with E-state index in [1.807, 2.05) is 0 Å². The minimum Gasteiger partial charge on any atom is -0.452 e. The van der Waals surface area contributed by atoms with Gasteiger partial charge in [-0.1, -0.05) is 36.5 Å². The summed E-state index contributed by atoms with van der Waals surface area (Å²) in [6.45, 7) is 18.6. The summed E-state index contributed by atoms with van der Waals surface area (Å²) in [4.78, 5) is 39.5. The van der Waals surface area contributed by atoms with Gasteiger partial charge in [-0.25, -0.2) is 14.4 Å². The molecule has 2 saturated heterocycles. The summed E-state index contributed by atoms with van der Waals surface area (Å²) in [7, 11) is 0. The van der Waals surface area contributed by atoms with Crippen LogP contribution in [0.2, 0.25) is 0 Å². The van der Waals surface area contributed by atoms with Crippen LogP contribution in [-0.4, -0.2) is 150 Å². The Labute approximate surface area is 345 Å². The van der Waals surface area contributed by atoms with Crippen LogP contribution in [0.3, 0.4) is 0 Å². The van der Waals surface area contributed by atoms with Gasteiger partial charge in [0, 0.05) is 16.7 Å². The molecule has 59 heavy (non-hydrogen) atoms. The first kappa shape index (κ1) is 51.6. The summed E-state index contributed by atoms with van der Waals surface area (Å²) in [5.74, 6) is -2.70. The molecule has 334 valence electrons. The maximum absolute atomic E-state index is 13.4. The van der Waals surface area contributed by atoms with Gasteiger partial charge in [0.2, 0.25) is 6.29 Å². The van der Waals surface area contributed by atoms with Crippen LogP contribution in [0, 0.1) is 0 Å². The van der Waals surface area contributed by atoms with Crippen molar-refractivity contribution in [2.24, 2.45) is 0 Å². The summed E-state index contributed by atoms with van der Waals surface area (Å²) < 4.78 is 34.0. The number of ether oxygens (including phenoxy) is 6. The van der Waals surface area contributed by atoms with Gasteiger partial charge in [0.25, 0.3) is 0 Å². The highest BCUT2D eigenvalue weighted by Crippen LogP contribution is 2.33. The fraction of sp³-hybridized carbons (Fsp3) is 0.643. The van der Waals surface area contributed by atoms with Gasteiger partial charge in [-0.2, -0.15) is 0 Å². The second-order valence-corrected chi connectivity index (χ2v) is 15.6. The van der Waals surface area contributed by atoms with Crippen molar-refractivity contribution in [2.75, 3.05) is 13.2 Å². The zero-order valence-corrected chi connectivity index (χ0v) is 34.8. The van der Waals surface area contributed by atoms with E-state index in [0.717, 1.165) is 0 Å². The molecule has 0 aliphatic carbocycles. The van der Waals surface area contributed by atoms with Gasteiger partial charge in [0.15, 0.2) is 18.5 Å². The number of carbonyl (C=O) groups excluding carboxylic acids is 3. The molecule has 2 aliphatic heterocycles. The van der Waals surface area contributed by atoms with Crippen molar-refractivity contribution < 1.29 is 83.7 Å². The summed E-state index contributed by atoms with van der Waals surface area (Å²) in [6, 6.07) is 0. The fourth-order valence-electron chi connectivity index (χ4n) is 5.88. The van der Waals surface area contributed by atoms with Crippen molar-refractivity contribution in [3.63, 3.8) is 0 Å². The van der Waals surface area contributed by atoms with E-state index in [1.54, 1.807) is 20.8 Å². The van der Waals surface area contributed by atoms with Crippen molar-refractivity contribution in [1.29, 1.82) is 0 Å². The molecule has 0 radical (unpaired) electrons. The van der Waals surface area contributed by atoms with Crippen molar-refractivity contribution in [3.05, 3.63) is 72.9 Å².